The van der Waals surface area contributed by atoms with Gasteiger partial charge in [0.2, 0.25) is 0 Å². The number of para-hydroxylation sites is 1. The van der Waals surface area contributed by atoms with E-state index in [4.69, 9.17) is 66.3 Å². The molecule has 0 saturated carbocycles. The molecule has 2 aromatic carbocycles. The summed E-state index contributed by atoms with van der Waals surface area (Å²) in [5, 5.41) is 219. The number of aromatic nitrogens is 1. The van der Waals surface area contributed by atoms with Gasteiger partial charge in [0.25, 0.3) is 0 Å². The first-order valence-electron chi connectivity index (χ1n) is 30.7. The van der Waals surface area contributed by atoms with Crippen molar-refractivity contribution in [1.82, 2.24) is 4.57 Å². The van der Waals surface area contributed by atoms with Crippen molar-refractivity contribution < 1.29 is 163 Å². The summed E-state index contributed by atoms with van der Waals surface area (Å²) in [5.41, 5.74) is 3.13. The molecule has 94 heavy (non-hydrogen) atoms. The summed E-state index contributed by atoms with van der Waals surface area (Å²) in [7, 11) is 0. The van der Waals surface area contributed by atoms with Crippen LogP contribution >= 0.6 is 23.5 Å². The normalized spacial score (nSPS) is 48.5. The molecule has 34 nitrogen and oxygen atoms in total. The highest BCUT2D eigenvalue weighted by Crippen LogP contribution is 2.41. The van der Waals surface area contributed by atoms with Crippen LogP contribution in [0.15, 0.2) is 54.7 Å². The summed E-state index contributed by atoms with van der Waals surface area (Å²) in [6.45, 7) is -5.05. The molecule has 20 rings (SSSR count). The first-order valence-corrected chi connectivity index (χ1v) is 33.1. The zero-order valence-corrected chi connectivity index (χ0v) is 51.4. The fourth-order valence-electron chi connectivity index (χ4n) is 13.3. The van der Waals surface area contributed by atoms with Gasteiger partial charge in [-0.2, -0.15) is 23.5 Å². The molecule has 18 bridgehead atoms. The summed E-state index contributed by atoms with van der Waals surface area (Å²) in [6, 6.07) is 15.0. The molecule has 0 amide bonds. The highest BCUT2D eigenvalue weighted by atomic mass is 32.2. The standard InChI is InChI=1S/C58H81NO33S2/c60-10-24-45-31(65)38(72)52(79-24)87-46-25(11-61)82-55(41(75)34(46)68)91-50-29-17-93-15-19-5-7-21(8-6-19)59-9-20(22-3-1-2-4-23(22)59)16-94-18-30-51(37(71)44(78)58(85-30)90-49-28(14-64)81-53(86-45)40(74)33(49)67)92-56-42(76)35(69)47(26(12-62)83-56)88-54-39(73)32(66)48(27(13-63)80-54)89-57(84-29)43(77)36(50)70/h1-9,24-58,60-78H,10-18H2/t24-,25-,26-,27-,28-,29-,30-,31?,32?,33?,34?,35?,36?,37?,38?,39?,40?,41?,42?,43?,44?,45-,46-,47-,48-,49-,50-,51-,52-,53-,54-,55-,56-,57-,58-/m1/s1. The van der Waals surface area contributed by atoms with Gasteiger partial charge in [-0.3, -0.25) is 0 Å². The van der Waals surface area contributed by atoms with Crippen molar-refractivity contribution in [3.05, 3.63) is 65.9 Å². The molecule has 19 N–H and O–H groups in total. The molecule has 36 heteroatoms. The average Bonchev–Trinajstić information content (AvgIpc) is 1.04. The van der Waals surface area contributed by atoms with E-state index in [1.807, 2.05) is 59.3 Å². The lowest BCUT2D eigenvalue weighted by Crippen LogP contribution is -2.68. The summed E-state index contributed by atoms with van der Waals surface area (Å²) < 4.78 is 86.4. The van der Waals surface area contributed by atoms with E-state index in [2.05, 4.69) is 0 Å². The van der Waals surface area contributed by atoms with Crippen molar-refractivity contribution in [2.45, 2.75) is 226 Å². The predicted octanol–water partition coefficient (Wildman–Crippen LogP) is -9.09. The third-order valence-electron chi connectivity index (χ3n) is 18.5. The molecule has 18 heterocycles. The number of thioether (sulfide) groups is 2. The molecule has 17 aliphatic heterocycles. The lowest BCUT2D eigenvalue weighted by Gasteiger charge is -2.50. The number of rotatable bonds is 5. The highest BCUT2D eigenvalue weighted by molar-refractivity contribution is 7.98. The van der Waals surface area contributed by atoms with E-state index in [0.717, 1.165) is 27.7 Å². The Bertz CT molecular complexity index is 2920. The molecular formula is C58H81NO33S2. The van der Waals surface area contributed by atoms with Gasteiger partial charge in [0, 0.05) is 40.3 Å². The Balaban J connectivity index is 0.936. The van der Waals surface area contributed by atoms with Crippen LogP contribution in [-0.2, 0) is 77.8 Å². The van der Waals surface area contributed by atoms with Crippen LogP contribution in [0.25, 0.3) is 16.6 Å². The molecule has 14 unspecified atom stereocenters. The molecule has 17 aliphatic rings. The molecule has 7 saturated heterocycles. The maximum absolute atomic E-state index is 12.1. The van der Waals surface area contributed by atoms with Crippen molar-refractivity contribution in [1.29, 1.82) is 0 Å². The van der Waals surface area contributed by atoms with Crippen LogP contribution in [0.1, 0.15) is 11.1 Å². The third kappa shape index (κ3) is 13.9. The number of hydrogen-bond donors (Lipinski definition) is 19. The van der Waals surface area contributed by atoms with Gasteiger partial charge >= 0.3 is 0 Å². The first-order chi connectivity index (χ1) is 45.2. The van der Waals surface area contributed by atoms with E-state index >= 15 is 0 Å². The molecule has 0 radical (unpaired) electrons. The van der Waals surface area contributed by atoms with Gasteiger partial charge in [-0.25, -0.2) is 0 Å². The van der Waals surface area contributed by atoms with E-state index in [1.54, 1.807) is 0 Å². The Morgan fingerprint density at radius 1 is 0.319 bits per heavy atom. The maximum Gasteiger partial charge on any atom is 0.187 e. The molecular weight excluding hydrogens is 1300 g/mol. The zero-order chi connectivity index (χ0) is 66.7. The minimum absolute atomic E-state index is 0.119. The zero-order valence-electron chi connectivity index (χ0n) is 49.7. The minimum atomic E-state index is -2.19. The van der Waals surface area contributed by atoms with Gasteiger partial charge in [-0.1, -0.05) is 30.3 Å². The SMILES string of the molecule is OC[C@H]1O[C@@H]2O[C@H]3C(O)C(O)[C@H](O[C@@H]3CO)O[C@H]3C(O)C(O)[C@@H]4O[C@@H]3CSCc3ccc(cc3)-n3cc(c5ccccc53)CSC[C@H]3O[C@H](O[C@H]5C(O)C(O)[C@H](O[C@@H]5CO)O[C@H]1C(O)C2O)C(O)C(O)[C@@H]3O[C@H]1O[C@H](CO)[C@@H](O[C@H]2O[C@H](CO)[C@@H](O4)C(O)C2O)C(O)C1O. The van der Waals surface area contributed by atoms with Gasteiger partial charge in [0.1, 0.15) is 159 Å². The van der Waals surface area contributed by atoms with Crippen LogP contribution < -0.4 is 0 Å². The van der Waals surface area contributed by atoms with Crippen molar-refractivity contribution >= 4 is 34.4 Å². The average molecular weight is 1380 g/mol. The lowest BCUT2D eigenvalue weighted by molar-refractivity contribution is -0.395. The number of hydrogen-bond acceptors (Lipinski definition) is 35. The Morgan fingerprint density at radius 3 is 0.936 bits per heavy atom. The van der Waals surface area contributed by atoms with E-state index in [1.165, 1.54) is 23.5 Å². The molecule has 7 fully saturated rings. The Labute approximate surface area is 543 Å². The van der Waals surface area contributed by atoms with Crippen LogP contribution in [0.5, 0.6) is 0 Å². The van der Waals surface area contributed by atoms with Crippen molar-refractivity contribution in [2.75, 3.05) is 44.5 Å². The van der Waals surface area contributed by atoms with Gasteiger partial charge in [0.05, 0.1) is 50.8 Å². The molecule has 35 atom stereocenters. The summed E-state index contributed by atoms with van der Waals surface area (Å²) >= 11 is 2.48. The van der Waals surface area contributed by atoms with Crippen LogP contribution in [0.4, 0.5) is 0 Å². The van der Waals surface area contributed by atoms with E-state index in [9.17, 15) is 97.0 Å². The molecule has 3 aromatic rings. The fraction of sp³-hybridized carbons (Fsp3) is 0.759. The largest absolute Gasteiger partial charge is 0.394 e. The molecule has 1 aromatic heterocycles. The summed E-state index contributed by atoms with van der Waals surface area (Å²) in [4.78, 5) is 0. The lowest BCUT2D eigenvalue weighted by atomic mass is 9.95. The Kier molecular flexibility index (Phi) is 22.9. The van der Waals surface area contributed by atoms with Crippen LogP contribution in [0.2, 0.25) is 0 Å². The number of fused-ring (bicyclic) bond motifs is 4. The molecule has 0 spiro atoms. The van der Waals surface area contributed by atoms with Crippen molar-refractivity contribution in [3.63, 3.8) is 0 Å². The van der Waals surface area contributed by atoms with Crippen LogP contribution in [0.3, 0.4) is 0 Å². The smallest absolute Gasteiger partial charge is 0.187 e. The second-order valence-electron chi connectivity index (χ2n) is 24.5. The van der Waals surface area contributed by atoms with Gasteiger partial charge in [0.15, 0.2) is 44.0 Å². The predicted molar refractivity (Wildman–Crippen MR) is 310 cm³/mol. The van der Waals surface area contributed by atoms with Crippen molar-refractivity contribution in [2.24, 2.45) is 0 Å². The second-order valence-corrected chi connectivity index (χ2v) is 26.6. The molecule has 0 aliphatic carbocycles. The van der Waals surface area contributed by atoms with Gasteiger partial charge in [-0.05, 0) is 29.3 Å². The topological polar surface area (TPSA) is 519 Å². The number of nitrogens with zero attached hydrogens (tertiary/aromatic N) is 1. The number of aliphatic hydroxyl groups excluding tert-OH is 19. The summed E-state index contributed by atoms with van der Waals surface area (Å²) in [6.07, 6.45) is -66.1. The van der Waals surface area contributed by atoms with Crippen molar-refractivity contribution in [3.8, 4) is 5.69 Å². The molecule has 528 valence electrons. The first kappa shape index (κ1) is 71.2. The van der Waals surface area contributed by atoms with E-state index in [0.29, 0.717) is 0 Å². The summed E-state index contributed by atoms with van der Waals surface area (Å²) in [5.74, 6) is 0.259. The number of aliphatic hydroxyl groups is 19. The highest BCUT2D eigenvalue weighted by Gasteiger charge is 2.60. The van der Waals surface area contributed by atoms with Gasteiger partial charge in [-0.15, -0.1) is 0 Å². The van der Waals surface area contributed by atoms with Gasteiger partial charge < -0.3 is 168 Å². The Hall–Kier alpha value is -2.64. The Morgan fingerprint density at radius 2 is 0.606 bits per heavy atom. The number of ether oxygens (including phenoxy) is 14. The fourth-order valence-corrected chi connectivity index (χ4v) is 15.4. The van der Waals surface area contributed by atoms with Crippen LogP contribution in [0, 0.1) is 0 Å². The number of benzene rings is 2. The second kappa shape index (κ2) is 30.3. The van der Waals surface area contributed by atoms with Crippen LogP contribution in [-0.4, -0.2) is 361 Å². The maximum atomic E-state index is 12.1. The quantitative estimate of drug-likeness (QED) is 0.113. The minimum Gasteiger partial charge on any atom is -0.394 e. The monoisotopic (exact) mass is 1380 g/mol. The third-order valence-corrected chi connectivity index (χ3v) is 20.7. The van der Waals surface area contributed by atoms with E-state index in [-0.39, 0.29) is 23.0 Å². The van der Waals surface area contributed by atoms with E-state index < -0.39 is 248 Å².